The number of urea groups is 1. The summed E-state index contributed by atoms with van der Waals surface area (Å²) in [6.45, 7) is 1.13. The number of carbonyl (C=O) groups is 1. The molecule has 2 heterocycles. The summed E-state index contributed by atoms with van der Waals surface area (Å²) in [4.78, 5) is 18.5. The van der Waals surface area contributed by atoms with Crippen LogP contribution in [0.1, 0.15) is 36.4 Å². The number of carbonyl (C=O) groups excluding carboxylic acids is 1. The van der Waals surface area contributed by atoms with Crippen LogP contribution in [0.4, 0.5) is 10.5 Å². The molecule has 2 fully saturated rings. The zero-order valence-corrected chi connectivity index (χ0v) is 14.2. The van der Waals surface area contributed by atoms with Gasteiger partial charge in [0.1, 0.15) is 11.5 Å². The summed E-state index contributed by atoms with van der Waals surface area (Å²) in [5.41, 5.74) is 0.602. The summed E-state index contributed by atoms with van der Waals surface area (Å²) >= 11 is 0. The van der Waals surface area contributed by atoms with Crippen LogP contribution in [0, 0.1) is 0 Å². The fraction of sp³-hybridized carbons (Fsp3) is 0.471. The monoisotopic (exact) mass is 344 g/mol. The maximum Gasteiger partial charge on any atom is 0.321 e. The summed E-state index contributed by atoms with van der Waals surface area (Å²) in [6.07, 6.45) is 2.28. The molecule has 25 heavy (non-hydrogen) atoms. The van der Waals surface area contributed by atoms with E-state index < -0.39 is 0 Å². The van der Waals surface area contributed by atoms with Crippen molar-refractivity contribution in [2.24, 2.45) is 0 Å². The van der Waals surface area contributed by atoms with E-state index in [1.54, 1.807) is 37.3 Å². The van der Waals surface area contributed by atoms with Crippen molar-refractivity contribution in [1.82, 2.24) is 15.0 Å². The lowest BCUT2D eigenvalue weighted by atomic mass is 10.0. The molecule has 4 rings (SSSR count). The number of ether oxygens (including phenoxy) is 2. The van der Waals surface area contributed by atoms with Crippen LogP contribution in [-0.2, 0) is 0 Å². The van der Waals surface area contributed by atoms with Gasteiger partial charge in [-0.05, 0) is 25.0 Å². The van der Waals surface area contributed by atoms with E-state index in [-0.39, 0.29) is 11.9 Å². The molecule has 1 saturated heterocycles. The van der Waals surface area contributed by atoms with E-state index in [0.717, 1.165) is 18.7 Å². The number of methoxy groups -OCH3 is 2. The topological polar surface area (TPSA) is 89.7 Å². The van der Waals surface area contributed by atoms with Crippen LogP contribution < -0.4 is 14.8 Å². The highest BCUT2D eigenvalue weighted by Gasteiger charge is 2.37. The van der Waals surface area contributed by atoms with Gasteiger partial charge in [0.25, 0.3) is 0 Å². The summed E-state index contributed by atoms with van der Waals surface area (Å²) in [5, 5.41) is 6.88. The lowest BCUT2D eigenvalue weighted by Gasteiger charge is -2.36. The summed E-state index contributed by atoms with van der Waals surface area (Å²) in [6, 6.07) is 5.08. The lowest BCUT2D eigenvalue weighted by Crippen LogP contribution is -2.50. The second-order valence-corrected chi connectivity index (χ2v) is 6.36. The van der Waals surface area contributed by atoms with Gasteiger partial charge in [-0.25, -0.2) is 4.79 Å². The maximum absolute atomic E-state index is 12.4. The van der Waals surface area contributed by atoms with E-state index in [9.17, 15) is 4.79 Å². The molecule has 8 nitrogen and oxygen atoms in total. The van der Waals surface area contributed by atoms with Gasteiger partial charge in [-0.3, -0.25) is 0 Å². The molecular weight excluding hydrogens is 324 g/mol. The van der Waals surface area contributed by atoms with Crippen molar-refractivity contribution in [2.75, 3.05) is 32.6 Å². The van der Waals surface area contributed by atoms with Crippen molar-refractivity contribution in [3.05, 3.63) is 29.9 Å². The first-order valence-electron chi connectivity index (χ1n) is 8.29. The minimum absolute atomic E-state index is 0.114. The quantitative estimate of drug-likeness (QED) is 0.897. The Kier molecular flexibility index (Phi) is 3.95. The number of likely N-dealkylation sites (tertiary alicyclic amines) is 1. The molecule has 1 saturated carbocycles. The Balaban J connectivity index is 1.35. The average molecular weight is 344 g/mol. The summed E-state index contributed by atoms with van der Waals surface area (Å²) in [7, 11) is 3.14. The average Bonchev–Trinajstić information content (AvgIpc) is 3.33. The first-order valence-corrected chi connectivity index (χ1v) is 8.29. The first-order chi connectivity index (χ1) is 12.2. The normalized spacial score (nSPS) is 17.1. The number of nitrogens with one attached hydrogen (secondary N) is 1. The summed E-state index contributed by atoms with van der Waals surface area (Å²) in [5.74, 6) is 3.24. The predicted octanol–water partition coefficient (Wildman–Crippen LogP) is 2.60. The molecule has 8 heteroatoms. The smallest absolute Gasteiger partial charge is 0.321 e. The van der Waals surface area contributed by atoms with Gasteiger partial charge in [-0.1, -0.05) is 5.16 Å². The number of rotatable bonds is 5. The van der Waals surface area contributed by atoms with Crippen molar-refractivity contribution in [2.45, 2.75) is 24.7 Å². The fourth-order valence-corrected chi connectivity index (χ4v) is 2.82. The zero-order chi connectivity index (χ0) is 17.4. The zero-order valence-electron chi connectivity index (χ0n) is 14.2. The Morgan fingerprint density at radius 3 is 2.72 bits per heavy atom. The van der Waals surface area contributed by atoms with Gasteiger partial charge in [-0.2, -0.15) is 4.98 Å². The van der Waals surface area contributed by atoms with Crippen LogP contribution in [0.3, 0.4) is 0 Å². The molecule has 1 aliphatic heterocycles. The molecule has 1 aromatic carbocycles. The van der Waals surface area contributed by atoms with Crippen molar-refractivity contribution < 1.29 is 18.8 Å². The van der Waals surface area contributed by atoms with E-state index in [1.807, 2.05) is 0 Å². The SMILES string of the molecule is COc1ccc(NC(=O)N2CC(c3nc(C4CC4)no3)C2)c(OC)c1. The number of hydrogen-bond donors (Lipinski definition) is 1. The molecule has 132 valence electrons. The second-order valence-electron chi connectivity index (χ2n) is 6.36. The van der Waals surface area contributed by atoms with E-state index in [0.29, 0.717) is 42.1 Å². The van der Waals surface area contributed by atoms with E-state index in [4.69, 9.17) is 14.0 Å². The van der Waals surface area contributed by atoms with E-state index in [2.05, 4.69) is 15.5 Å². The second kappa shape index (κ2) is 6.27. The standard InChI is InChI=1S/C17H20N4O4/c1-23-12-5-6-13(14(7-12)24-2)18-17(22)21-8-11(9-21)16-19-15(20-25-16)10-3-4-10/h5-7,10-11H,3-4,8-9H2,1-2H3,(H,18,22). The maximum atomic E-state index is 12.4. The third-order valence-corrected chi connectivity index (χ3v) is 4.57. The number of aromatic nitrogens is 2. The van der Waals surface area contributed by atoms with Crippen LogP contribution in [0.25, 0.3) is 0 Å². The van der Waals surface area contributed by atoms with Crippen LogP contribution in [0.15, 0.2) is 22.7 Å². The van der Waals surface area contributed by atoms with Gasteiger partial charge in [0.15, 0.2) is 5.82 Å². The Morgan fingerprint density at radius 2 is 2.04 bits per heavy atom. The Bertz CT molecular complexity index is 781. The fourth-order valence-electron chi connectivity index (χ4n) is 2.82. The van der Waals surface area contributed by atoms with Crippen LogP contribution in [0.5, 0.6) is 11.5 Å². The molecule has 2 amide bonds. The Morgan fingerprint density at radius 1 is 1.24 bits per heavy atom. The highest BCUT2D eigenvalue weighted by atomic mass is 16.5. The predicted molar refractivity (Wildman–Crippen MR) is 89.2 cm³/mol. The van der Waals surface area contributed by atoms with E-state index in [1.165, 1.54) is 0 Å². The molecule has 0 unspecified atom stereocenters. The van der Waals surface area contributed by atoms with Gasteiger partial charge in [-0.15, -0.1) is 0 Å². The highest BCUT2D eigenvalue weighted by Crippen LogP contribution is 2.39. The van der Waals surface area contributed by atoms with Gasteiger partial charge in [0.2, 0.25) is 5.89 Å². The minimum Gasteiger partial charge on any atom is -0.497 e. The number of nitrogens with zero attached hydrogens (tertiary/aromatic N) is 3. The molecule has 2 aliphatic rings. The third-order valence-electron chi connectivity index (χ3n) is 4.57. The minimum atomic E-state index is -0.179. The number of amides is 2. The molecule has 0 radical (unpaired) electrons. The van der Waals surface area contributed by atoms with Crippen LogP contribution in [-0.4, -0.2) is 48.4 Å². The summed E-state index contributed by atoms with van der Waals surface area (Å²) < 4.78 is 15.8. The molecule has 1 aromatic heterocycles. The number of anilines is 1. The third kappa shape index (κ3) is 3.11. The van der Waals surface area contributed by atoms with Crippen molar-refractivity contribution in [3.63, 3.8) is 0 Å². The Hall–Kier alpha value is -2.77. The molecule has 1 N–H and O–H groups in total. The lowest BCUT2D eigenvalue weighted by molar-refractivity contribution is 0.147. The first kappa shape index (κ1) is 15.7. The number of benzene rings is 1. The van der Waals surface area contributed by atoms with Gasteiger partial charge in [0.05, 0.1) is 25.8 Å². The van der Waals surface area contributed by atoms with Gasteiger partial charge >= 0.3 is 6.03 Å². The molecular formula is C17H20N4O4. The largest absolute Gasteiger partial charge is 0.497 e. The highest BCUT2D eigenvalue weighted by molar-refractivity contribution is 5.91. The Labute approximate surface area is 145 Å². The molecule has 0 spiro atoms. The van der Waals surface area contributed by atoms with Crippen molar-refractivity contribution in [1.29, 1.82) is 0 Å². The number of hydrogen-bond acceptors (Lipinski definition) is 6. The molecule has 2 aromatic rings. The van der Waals surface area contributed by atoms with Gasteiger partial charge in [0, 0.05) is 25.1 Å². The van der Waals surface area contributed by atoms with Crippen molar-refractivity contribution in [3.8, 4) is 11.5 Å². The molecule has 1 aliphatic carbocycles. The van der Waals surface area contributed by atoms with Crippen molar-refractivity contribution >= 4 is 11.7 Å². The molecule has 0 atom stereocenters. The van der Waals surface area contributed by atoms with E-state index >= 15 is 0 Å². The van der Waals surface area contributed by atoms with Gasteiger partial charge < -0.3 is 24.2 Å². The van der Waals surface area contributed by atoms with Crippen LogP contribution >= 0.6 is 0 Å². The van der Waals surface area contributed by atoms with Crippen LogP contribution in [0.2, 0.25) is 0 Å². The molecule has 0 bridgehead atoms.